The van der Waals surface area contributed by atoms with Crippen LogP contribution >= 0.6 is 0 Å². The summed E-state index contributed by atoms with van der Waals surface area (Å²) in [5, 5.41) is -14.6. The number of esters is 12. The van der Waals surface area contributed by atoms with Crippen molar-refractivity contribution in [2.24, 2.45) is 101 Å². The zero-order valence-electron chi connectivity index (χ0n) is 71.4. The Labute approximate surface area is 739 Å². The number of hydrogen-bond acceptors (Lipinski definition) is 36. The lowest BCUT2D eigenvalue weighted by molar-refractivity contribution is -0.188. The summed E-state index contributed by atoms with van der Waals surface area (Å²) < 4.78 is 257. The zero-order chi connectivity index (χ0) is 93.2. The molecule has 3 aliphatic heterocycles. The number of carbonyl (C=O) groups excluding carboxylic acids is 12. The second kappa shape index (κ2) is 38.3. The fraction of sp³-hybridized carbons (Fsp3) is 0.857. The summed E-state index contributed by atoms with van der Waals surface area (Å²) in [6.45, 7) is -3.87. The molecule has 0 amide bonds. The van der Waals surface area contributed by atoms with Crippen molar-refractivity contribution in [3.05, 3.63) is 0 Å². The van der Waals surface area contributed by atoms with Crippen LogP contribution in [0.2, 0.25) is 0 Å². The molecule has 16 fully saturated rings. The van der Waals surface area contributed by atoms with E-state index >= 15 is 0 Å². The number of ether oxygens (including phenoxy) is 15. The lowest BCUT2D eigenvalue weighted by atomic mass is 9.69. The molecule has 16 aliphatic rings. The van der Waals surface area contributed by atoms with Crippen LogP contribution in [-0.4, -0.2) is 238 Å². The summed E-state index contributed by atoms with van der Waals surface area (Å²) in [4.78, 5) is 153. The molecule has 3 heterocycles. The highest BCUT2D eigenvalue weighted by Gasteiger charge is 2.74. The van der Waals surface area contributed by atoms with Crippen molar-refractivity contribution in [2.75, 3.05) is 39.6 Å². The smallest absolute Gasteiger partial charge is 0.370 e. The Balaban J connectivity index is 0.000000156. The van der Waals surface area contributed by atoms with Gasteiger partial charge < -0.3 is 84.7 Å². The summed E-state index contributed by atoms with van der Waals surface area (Å²) in [6.07, 6.45) is 16.8. The Kier molecular flexibility index (Phi) is 29.1. The minimum Gasteiger partial charge on any atom is -0.743 e. The Morgan fingerprint density at radius 2 is 0.636 bits per heavy atom. The van der Waals surface area contributed by atoms with Gasteiger partial charge in [-0.05, 0) is 186 Å². The standard InChI is InChI=1S/C29H38F2O12S.C28H38F2O12S.C27H36F2O12S/c1-14(29(30,31)44(36,37)38)40-20(32)12-39-13-21(33)41-24-18-11-17-22(26(34)42-25(17)24)23(18)27(35)43-28(7-3-2-4-8-28)19-10-15-5-6-16(19)9-15;1-15(28(29,30)43(35,36)37)39-19(31)13-38-14-20(32)40-23-18-12-17-21(25(33)41-24(17)23)22(18)26(34)42-27(10-6-3-7-11-27)16-8-4-2-5-9-16;1-14(27(28,29)42(34,35)36)38-18(30)12-37-13-19(31)39-22-17-11-16-20(24(32)40-23(16)22)21(17)25(33)41-26(9-5-2-6-10-26)15-7-3-4-8-15/h14-19,22-25H,2-13H2,1H3,(H,36,37,38);15-18,21-24H,2-14H2,1H3,(H,35,36,37);14-17,20-23H,2-13H2,1H3,(H,34,35,36)/p-3. The third kappa shape index (κ3) is 19.6. The maximum absolute atomic E-state index is 13.9. The monoisotopic (exact) mass is 1900 g/mol. The van der Waals surface area contributed by atoms with Gasteiger partial charge in [0.1, 0.15) is 93.1 Å². The van der Waals surface area contributed by atoms with Crippen molar-refractivity contribution in [3.63, 3.8) is 0 Å². The minimum absolute atomic E-state index is 0.281. The average Bonchev–Trinajstić information content (AvgIpc) is 1.55. The molecule has 24 unspecified atom stereocenters. The highest BCUT2D eigenvalue weighted by atomic mass is 32.2. The topological polar surface area (TPSA) is 515 Å². The van der Waals surface area contributed by atoms with Crippen molar-refractivity contribution in [3.8, 4) is 0 Å². The Hall–Kier alpha value is -7.17. The van der Waals surface area contributed by atoms with E-state index in [-0.39, 0.29) is 23.7 Å². The van der Waals surface area contributed by atoms with Gasteiger partial charge in [0.25, 0.3) is 0 Å². The summed E-state index contributed by atoms with van der Waals surface area (Å²) in [5.41, 5.74) is -1.62. The van der Waals surface area contributed by atoms with E-state index in [4.69, 9.17) is 56.8 Å². The number of rotatable bonds is 33. The van der Waals surface area contributed by atoms with Crippen LogP contribution in [0, 0.1) is 101 Å². The number of carbonyl (C=O) groups is 12. The molecule has 0 aromatic heterocycles. The molecule has 45 heteroatoms. The van der Waals surface area contributed by atoms with Crippen molar-refractivity contribution >= 4 is 102 Å². The number of fused-ring (bicyclic) bond motifs is 5. The van der Waals surface area contributed by atoms with E-state index in [0.717, 1.165) is 161 Å². The summed E-state index contributed by atoms with van der Waals surface area (Å²) in [7, 11) is -18.2. The first-order valence-corrected chi connectivity index (χ1v) is 49.1. The predicted octanol–water partition coefficient (Wildman–Crippen LogP) is 7.32. The van der Waals surface area contributed by atoms with E-state index in [1.165, 1.54) is 19.3 Å². The van der Waals surface area contributed by atoms with Crippen LogP contribution in [0.1, 0.15) is 220 Å². The number of halogens is 6. The first-order valence-electron chi connectivity index (χ1n) is 44.9. The van der Waals surface area contributed by atoms with Gasteiger partial charge in [-0.3, -0.25) is 28.8 Å². The van der Waals surface area contributed by atoms with Crippen molar-refractivity contribution < 1.29 is 194 Å². The maximum atomic E-state index is 13.9. The summed E-state index contributed by atoms with van der Waals surface area (Å²) >= 11 is 0. The van der Waals surface area contributed by atoms with E-state index in [9.17, 15) is 123 Å². The zero-order valence-corrected chi connectivity index (χ0v) is 73.8. The van der Waals surface area contributed by atoms with E-state index in [0.29, 0.717) is 63.7 Å². The van der Waals surface area contributed by atoms with Gasteiger partial charge in [-0.15, -0.1) is 0 Å². The first kappa shape index (κ1) is 97.8. The first-order chi connectivity index (χ1) is 60.7. The molecular formula is C84H109F6O36S3-3. The molecule has 0 aromatic carbocycles. The predicted molar refractivity (Wildman–Crippen MR) is 411 cm³/mol. The van der Waals surface area contributed by atoms with Crippen LogP contribution in [0.25, 0.3) is 0 Å². The molecular weight excluding hydrogens is 1800 g/mol. The van der Waals surface area contributed by atoms with E-state index < -0.39 is 282 Å². The fourth-order valence-corrected chi connectivity index (χ4v) is 26.5. The second-order valence-corrected chi connectivity index (χ2v) is 42.4. The largest absolute Gasteiger partial charge is 0.743 e. The highest BCUT2D eigenvalue weighted by molar-refractivity contribution is 7.87. The van der Waals surface area contributed by atoms with Crippen molar-refractivity contribution in [1.82, 2.24) is 0 Å². The molecule has 16 rings (SSSR count). The lowest BCUT2D eigenvalue weighted by Crippen LogP contribution is -2.50. The van der Waals surface area contributed by atoms with Crippen molar-refractivity contribution in [2.45, 2.75) is 307 Å². The highest BCUT2D eigenvalue weighted by Crippen LogP contribution is 2.64. The third-order valence-electron chi connectivity index (χ3n) is 30.8. The molecule has 13 aliphatic carbocycles. The van der Waals surface area contributed by atoms with Crippen LogP contribution in [0.3, 0.4) is 0 Å². The maximum Gasteiger partial charge on any atom is 0.370 e. The van der Waals surface area contributed by atoms with Gasteiger partial charge in [0.15, 0.2) is 48.7 Å². The number of hydrogen-bond donors (Lipinski definition) is 0. The molecule has 24 atom stereocenters. The second-order valence-electron chi connectivity index (χ2n) is 38.1. The molecule has 0 N–H and O–H groups in total. The molecule has 36 nitrogen and oxygen atoms in total. The van der Waals surface area contributed by atoms with Gasteiger partial charge in [-0.2, -0.15) is 26.3 Å². The Bertz CT molecular complexity index is 4600. The van der Waals surface area contributed by atoms with Crippen LogP contribution in [0.4, 0.5) is 26.3 Å². The lowest BCUT2D eigenvalue weighted by Gasteiger charge is -2.46. The minimum atomic E-state index is -6.08. The summed E-state index contributed by atoms with van der Waals surface area (Å²) in [5.74, 6) is -14.7. The fourth-order valence-electron chi connectivity index (χ4n) is 25.1. The molecule has 724 valence electrons. The average molecular weight is 1900 g/mol. The normalized spacial score (nSPS) is 34.3. The molecule has 8 bridgehead atoms. The Morgan fingerprint density at radius 3 is 0.915 bits per heavy atom. The van der Waals surface area contributed by atoms with Gasteiger partial charge in [-0.25, -0.2) is 54.0 Å². The third-order valence-corrected chi connectivity index (χ3v) is 33.8. The quantitative estimate of drug-likeness (QED) is 0.0268. The Morgan fingerprint density at radius 1 is 0.364 bits per heavy atom. The van der Waals surface area contributed by atoms with Gasteiger partial charge in [-0.1, -0.05) is 57.8 Å². The van der Waals surface area contributed by atoms with Gasteiger partial charge >= 0.3 is 87.4 Å². The molecule has 0 spiro atoms. The SMILES string of the molecule is CC(OC(=O)COCC(=O)OC1C2CC3C1OC(=O)C3C2C(=O)OC1(C2CC3CCC2C3)CCCCC1)C(F)(F)S(=O)(=O)[O-].CC(OC(=O)COCC(=O)OC1C2CC3C1OC(=O)C3C2C(=O)OC1(C2CCCC2)CCCCC1)C(F)(F)S(=O)(=O)[O-].CC(OC(=O)COCC(=O)OC1C2CC3C1OC(=O)C3C2C(=O)OC1(C2CCCCC2)CCCCC1)C(F)(F)S(=O)(=O)[O-]. The van der Waals surface area contributed by atoms with Crippen LogP contribution < -0.4 is 0 Å². The van der Waals surface area contributed by atoms with Gasteiger partial charge in [0.05, 0.1) is 35.5 Å². The molecule has 13 saturated carbocycles. The molecule has 0 radical (unpaired) electrons. The molecule has 129 heavy (non-hydrogen) atoms. The van der Waals surface area contributed by atoms with Crippen molar-refractivity contribution in [1.29, 1.82) is 0 Å². The van der Waals surface area contributed by atoms with E-state index in [1.807, 2.05) is 0 Å². The molecule has 0 aromatic rings. The summed E-state index contributed by atoms with van der Waals surface area (Å²) in [6, 6.07) is 0. The van der Waals surface area contributed by atoms with E-state index in [2.05, 4.69) is 14.2 Å². The van der Waals surface area contributed by atoms with Gasteiger partial charge in [0.2, 0.25) is 0 Å². The van der Waals surface area contributed by atoms with Crippen LogP contribution in [0.5, 0.6) is 0 Å². The van der Waals surface area contributed by atoms with Crippen LogP contribution in [-0.2, 0) is 159 Å². The number of alkyl halides is 6. The van der Waals surface area contributed by atoms with E-state index in [1.54, 1.807) is 0 Å². The van der Waals surface area contributed by atoms with Crippen LogP contribution in [0.15, 0.2) is 0 Å². The van der Waals surface area contributed by atoms with Gasteiger partial charge in [0, 0.05) is 41.4 Å². The molecule has 3 saturated heterocycles.